The lowest BCUT2D eigenvalue weighted by atomic mass is 10.3. The fourth-order valence-corrected chi connectivity index (χ4v) is 2.35. The number of rotatable bonds is 2. The Bertz CT molecular complexity index is 660. The quantitative estimate of drug-likeness (QED) is 0.812. The first kappa shape index (κ1) is 13.3. The molecule has 0 spiro atoms. The highest BCUT2D eigenvalue weighted by molar-refractivity contribution is 7.14. The molecule has 0 bridgehead atoms. The lowest BCUT2D eigenvalue weighted by Crippen LogP contribution is -2.10. The molecule has 98 valence electrons. The van der Waals surface area contributed by atoms with Crippen molar-refractivity contribution in [1.82, 2.24) is 9.78 Å². The number of hydrogen-bond acceptors (Lipinski definition) is 4. The maximum atomic E-state index is 12.1. The summed E-state index contributed by atoms with van der Waals surface area (Å²) in [5.41, 5.74) is 6.81. The maximum Gasteiger partial charge on any atom is 0.265 e. The average Bonchev–Trinajstić information content (AvgIpc) is 2.94. The van der Waals surface area contributed by atoms with E-state index in [1.807, 2.05) is 20.0 Å². The van der Waals surface area contributed by atoms with Crippen molar-refractivity contribution in [3.63, 3.8) is 0 Å². The van der Waals surface area contributed by atoms with Crippen molar-refractivity contribution in [2.24, 2.45) is 12.8 Å². The van der Waals surface area contributed by atoms with Gasteiger partial charge < -0.3 is 11.1 Å². The molecule has 5 nitrogen and oxygen atoms in total. The number of nitrogens with zero attached hydrogens (tertiary/aromatic N) is 2. The third kappa shape index (κ3) is 3.22. The van der Waals surface area contributed by atoms with E-state index in [0.717, 1.165) is 16.3 Å². The molecular weight excluding hydrogens is 260 g/mol. The first-order chi connectivity index (χ1) is 9.10. The molecular formula is C13H14N4OS. The van der Waals surface area contributed by atoms with Crippen LogP contribution >= 0.6 is 11.3 Å². The van der Waals surface area contributed by atoms with Crippen molar-refractivity contribution in [3.8, 4) is 11.8 Å². The number of hydrogen-bond donors (Lipinski definition) is 2. The topological polar surface area (TPSA) is 72.9 Å². The van der Waals surface area contributed by atoms with Crippen LogP contribution in [0.5, 0.6) is 0 Å². The highest BCUT2D eigenvalue weighted by atomic mass is 32.1. The molecule has 1 amide bonds. The number of aromatic nitrogens is 2. The molecule has 2 aromatic heterocycles. The molecule has 0 saturated carbocycles. The van der Waals surface area contributed by atoms with Crippen LogP contribution < -0.4 is 11.1 Å². The molecule has 0 aliphatic rings. The number of carbonyl (C=O) groups is 1. The van der Waals surface area contributed by atoms with Crippen LogP contribution in [0.2, 0.25) is 0 Å². The average molecular weight is 274 g/mol. The molecule has 3 N–H and O–H groups in total. The minimum Gasteiger partial charge on any atom is -0.320 e. The Kier molecular flexibility index (Phi) is 4.00. The summed E-state index contributed by atoms with van der Waals surface area (Å²) in [5, 5.41) is 7.00. The van der Waals surface area contributed by atoms with E-state index < -0.39 is 0 Å². The van der Waals surface area contributed by atoms with Gasteiger partial charge in [-0.1, -0.05) is 11.8 Å². The molecule has 2 aromatic rings. The normalized spacial score (nSPS) is 9.84. The Morgan fingerprint density at radius 2 is 2.37 bits per heavy atom. The number of nitrogens with two attached hydrogens (primary N) is 1. The number of carbonyl (C=O) groups excluding carboxylic acids is 1. The Hall–Kier alpha value is -2.10. The van der Waals surface area contributed by atoms with Gasteiger partial charge in [0.1, 0.15) is 0 Å². The van der Waals surface area contributed by atoms with Gasteiger partial charge in [0.05, 0.1) is 27.7 Å². The molecule has 0 aliphatic carbocycles. The van der Waals surface area contributed by atoms with Crippen LogP contribution in [0.25, 0.3) is 0 Å². The zero-order valence-electron chi connectivity index (χ0n) is 10.7. The van der Waals surface area contributed by atoms with E-state index >= 15 is 0 Å². The van der Waals surface area contributed by atoms with Crippen LogP contribution in [-0.4, -0.2) is 22.2 Å². The number of thiophene rings is 1. The van der Waals surface area contributed by atoms with Gasteiger partial charge in [0, 0.05) is 13.2 Å². The summed E-state index contributed by atoms with van der Waals surface area (Å²) in [4.78, 5) is 13.5. The first-order valence-corrected chi connectivity index (χ1v) is 6.52. The molecule has 2 heterocycles. The summed E-state index contributed by atoms with van der Waals surface area (Å²) in [6.07, 6.45) is 1.77. The van der Waals surface area contributed by atoms with Crippen molar-refractivity contribution >= 4 is 22.9 Å². The molecule has 0 unspecified atom stereocenters. The largest absolute Gasteiger partial charge is 0.320 e. The van der Waals surface area contributed by atoms with E-state index in [2.05, 4.69) is 22.3 Å². The third-order valence-corrected chi connectivity index (χ3v) is 3.40. The highest BCUT2D eigenvalue weighted by Gasteiger charge is 2.11. The molecule has 2 rings (SSSR count). The SMILES string of the molecule is Cc1nn(C)cc1NC(=O)c1ccc(C#CCN)s1. The summed E-state index contributed by atoms with van der Waals surface area (Å²) in [6, 6.07) is 3.57. The zero-order valence-corrected chi connectivity index (χ0v) is 11.5. The smallest absolute Gasteiger partial charge is 0.265 e. The standard InChI is InChI=1S/C13H14N4OS/c1-9-11(8-17(2)16-9)15-13(18)12-6-5-10(19-12)4-3-7-14/h5-6,8H,7,14H2,1-2H3,(H,15,18). The second kappa shape index (κ2) is 5.69. The van der Waals surface area contributed by atoms with Gasteiger partial charge in [-0.05, 0) is 19.1 Å². The summed E-state index contributed by atoms with van der Waals surface area (Å²) in [7, 11) is 1.81. The van der Waals surface area contributed by atoms with Crippen molar-refractivity contribution in [3.05, 3.63) is 33.8 Å². The first-order valence-electron chi connectivity index (χ1n) is 5.70. The Balaban J connectivity index is 2.12. The summed E-state index contributed by atoms with van der Waals surface area (Å²) >= 11 is 1.34. The van der Waals surface area contributed by atoms with Crippen LogP contribution in [-0.2, 0) is 7.05 Å². The molecule has 19 heavy (non-hydrogen) atoms. The van der Waals surface area contributed by atoms with Gasteiger partial charge in [-0.2, -0.15) is 5.10 Å². The van der Waals surface area contributed by atoms with Gasteiger partial charge in [0.2, 0.25) is 0 Å². The number of amides is 1. The summed E-state index contributed by atoms with van der Waals surface area (Å²) < 4.78 is 1.66. The second-order valence-electron chi connectivity index (χ2n) is 3.93. The molecule has 0 atom stereocenters. The van der Waals surface area contributed by atoms with E-state index in [4.69, 9.17) is 5.73 Å². The molecule has 0 radical (unpaired) electrons. The molecule has 0 saturated heterocycles. The lowest BCUT2D eigenvalue weighted by Gasteiger charge is -2.00. The van der Waals surface area contributed by atoms with Crippen LogP contribution in [0, 0.1) is 18.8 Å². The molecule has 0 aromatic carbocycles. The number of anilines is 1. The van der Waals surface area contributed by atoms with E-state index in [1.165, 1.54) is 11.3 Å². The maximum absolute atomic E-state index is 12.1. The third-order valence-electron chi connectivity index (χ3n) is 2.41. The van der Waals surface area contributed by atoms with Gasteiger partial charge in [0.15, 0.2) is 0 Å². The minimum absolute atomic E-state index is 0.151. The van der Waals surface area contributed by atoms with Gasteiger partial charge in [-0.3, -0.25) is 9.48 Å². The van der Waals surface area contributed by atoms with Crippen LogP contribution in [0.1, 0.15) is 20.2 Å². The van der Waals surface area contributed by atoms with Crippen LogP contribution in [0.4, 0.5) is 5.69 Å². The fourth-order valence-electron chi connectivity index (χ4n) is 1.57. The fraction of sp³-hybridized carbons (Fsp3) is 0.231. The number of nitrogens with one attached hydrogen (secondary N) is 1. The van der Waals surface area contributed by atoms with Crippen LogP contribution in [0.15, 0.2) is 18.3 Å². The van der Waals surface area contributed by atoms with Gasteiger partial charge >= 0.3 is 0 Å². The Morgan fingerprint density at radius 1 is 1.58 bits per heavy atom. The minimum atomic E-state index is -0.151. The monoisotopic (exact) mass is 274 g/mol. The van der Waals surface area contributed by atoms with Crippen LogP contribution in [0.3, 0.4) is 0 Å². The van der Waals surface area contributed by atoms with Crippen molar-refractivity contribution in [2.45, 2.75) is 6.92 Å². The predicted molar refractivity (Wildman–Crippen MR) is 76.1 cm³/mol. The Morgan fingerprint density at radius 3 is 3.00 bits per heavy atom. The van der Waals surface area contributed by atoms with E-state index in [1.54, 1.807) is 16.9 Å². The van der Waals surface area contributed by atoms with E-state index in [9.17, 15) is 4.79 Å². The highest BCUT2D eigenvalue weighted by Crippen LogP contribution is 2.18. The molecule has 0 fully saturated rings. The Labute approximate surface area is 115 Å². The summed E-state index contributed by atoms with van der Waals surface area (Å²) in [6.45, 7) is 2.16. The lowest BCUT2D eigenvalue weighted by molar-refractivity contribution is 0.103. The second-order valence-corrected chi connectivity index (χ2v) is 5.01. The van der Waals surface area contributed by atoms with E-state index in [-0.39, 0.29) is 5.91 Å². The molecule has 0 aliphatic heterocycles. The van der Waals surface area contributed by atoms with Gasteiger partial charge in [0.25, 0.3) is 5.91 Å². The predicted octanol–water partition coefficient (Wildman–Crippen LogP) is 1.35. The molecule has 6 heteroatoms. The summed E-state index contributed by atoms with van der Waals surface area (Å²) in [5.74, 6) is 5.52. The van der Waals surface area contributed by atoms with Gasteiger partial charge in [-0.15, -0.1) is 11.3 Å². The zero-order chi connectivity index (χ0) is 13.8. The van der Waals surface area contributed by atoms with Crippen molar-refractivity contribution in [2.75, 3.05) is 11.9 Å². The number of aryl methyl sites for hydroxylation is 2. The van der Waals surface area contributed by atoms with Crippen molar-refractivity contribution in [1.29, 1.82) is 0 Å². The van der Waals surface area contributed by atoms with Crippen molar-refractivity contribution < 1.29 is 4.79 Å². The van der Waals surface area contributed by atoms with E-state index in [0.29, 0.717) is 11.4 Å². The van der Waals surface area contributed by atoms with Gasteiger partial charge in [-0.25, -0.2) is 0 Å².